The lowest BCUT2D eigenvalue weighted by Crippen LogP contribution is -2.34. The molecular weight excluding hydrogens is 442 g/mol. The van der Waals surface area contributed by atoms with Crippen LogP contribution in [0.25, 0.3) is 11.1 Å². The second-order valence-electron chi connectivity index (χ2n) is 7.64. The molecule has 1 unspecified atom stereocenters. The number of pyridine rings is 1. The Balaban J connectivity index is 1.43. The number of piperidine rings is 1. The van der Waals surface area contributed by atoms with Gasteiger partial charge in [0.05, 0.1) is 24.4 Å². The number of nitrogens with one attached hydrogen (secondary N) is 2. The molecule has 33 heavy (non-hydrogen) atoms. The van der Waals surface area contributed by atoms with Crippen molar-refractivity contribution in [2.24, 2.45) is 0 Å². The summed E-state index contributed by atoms with van der Waals surface area (Å²) in [5.74, 6) is -1.29. The molecule has 1 atom stereocenters. The Labute approximate surface area is 185 Å². The van der Waals surface area contributed by atoms with Crippen LogP contribution < -0.4 is 10.6 Å². The Morgan fingerprint density at radius 1 is 1.24 bits per heavy atom. The summed E-state index contributed by atoms with van der Waals surface area (Å²) in [7, 11) is 0. The number of anilines is 1. The molecule has 0 bridgehead atoms. The molecule has 3 heterocycles. The topological polar surface area (TPSA) is 88.9 Å². The van der Waals surface area contributed by atoms with Crippen molar-refractivity contribution in [1.82, 2.24) is 20.1 Å². The monoisotopic (exact) mass is 461 g/mol. The lowest BCUT2D eigenvalue weighted by atomic mass is 10.1. The van der Waals surface area contributed by atoms with Crippen LogP contribution in [0, 0.1) is 5.82 Å². The summed E-state index contributed by atoms with van der Waals surface area (Å²) < 4.78 is 54.7. The van der Waals surface area contributed by atoms with Crippen molar-refractivity contribution in [3.8, 4) is 11.1 Å². The SMILES string of the molecule is O=C1CC(n2cc(-c3ccc(NC(=O)Cc4cccc(C(F)(F)F)n4)cc3F)cn2)CCN1. The van der Waals surface area contributed by atoms with Gasteiger partial charge in [0.1, 0.15) is 11.5 Å². The highest BCUT2D eigenvalue weighted by molar-refractivity contribution is 5.92. The van der Waals surface area contributed by atoms with Crippen molar-refractivity contribution < 1.29 is 27.2 Å². The van der Waals surface area contributed by atoms with Gasteiger partial charge >= 0.3 is 6.18 Å². The first kappa shape index (κ1) is 22.4. The maximum atomic E-state index is 14.7. The van der Waals surface area contributed by atoms with Gasteiger partial charge in [-0.25, -0.2) is 9.37 Å². The molecule has 2 amide bonds. The summed E-state index contributed by atoms with van der Waals surface area (Å²) in [4.78, 5) is 27.2. The van der Waals surface area contributed by atoms with Crippen LogP contribution in [0.15, 0.2) is 48.8 Å². The fourth-order valence-electron chi connectivity index (χ4n) is 3.60. The fourth-order valence-corrected chi connectivity index (χ4v) is 3.60. The van der Waals surface area contributed by atoms with Crippen LogP contribution in [-0.2, 0) is 22.2 Å². The van der Waals surface area contributed by atoms with Crippen molar-refractivity contribution in [1.29, 1.82) is 0 Å². The molecule has 0 aliphatic carbocycles. The summed E-state index contributed by atoms with van der Waals surface area (Å²) in [6.07, 6.45) is -0.810. The molecule has 0 saturated carbocycles. The molecule has 2 aromatic heterocycles. The number of alkyl halides is 3. The molecule has 4 rings (SSSR count). The van der Waals surface area contributed by atoms with Crippen molar-refractivity contribution >= 4 is 17.5 Å². The highest BCUT2D eigenvalue weighted by atomic mass is 19.4. The molecular formula is C22H19F4N5O2. The molecule has 3 aromatic rings. The van der Waals surface area contributed by atoms with Gasteiger partial charge in [0.25, 0.3) is 0 Å². The Morgan fingerprint density at radius 2 is 2.06 bits per heavy atom. The third-order valence-electron chi connectivity index (χ3n) is 5.20. The molecule has 1 aliphatic rings. The van der Waals surface area contributed by atoms with Crippen LogP contribution in [0.3, 0.4) is 0 Å². The lowest BCUT2D eigenvalue weighted by Gasteiger charge is -2.22. The van der Waals surface area contributed by atoms with Crippen molar-refractivity contribution in [3.05, 3.63) is 66.0 Å². The third kappa shape index (κ3) is 5.36. The normalized spacial score (nSPS) is 16.4. The van der Waals surface area contributed by atoms with Crippen LogP contribution in [0.4, 0.5) is 23.2 Å². The Morgan fingerprint density at radius 3 is 2.79 bits per heavy atom. The summed E-state index contributed by atoms with van der Waals surface area (Å²) in [5.41, 5.74) is -0.200. The Kier molecular flexibility index (Phi) is 6.12. The van der Waals surface area contributed by atoms with Gasteiger partial charge in [-0.1, -0.05) is 6.07 Å². The molecule has 172 valence electrons. The smallest absolute Gasteiger partial charge is 0.356 e. The van der Waals surface area contributed by atoms with Crippen molar-refractivity contribution in [2.75, 3.05) is 11.9 Å². The van der Waals surface area contributed by atoms with E-state index in [0.717, 1.165) is 18.6 Å². The largest absolute Gasteiger partial charge is 0.433 e. The minimum atomic E-state index is -4.61. The molecule has 2 N–H and O–H groups in total. The van der Waals surface area contributed by atoms with Crippen molar-refractivity contribution in [3.63, 3.8) is 0 Å². The first-order valence-electron chi connectivity index (χ1n) is 10.1. The molecule has 11 heteroatoms. The van der Waals surface area contributed by atoms with E-state index < -0.39 is 30.0 Å². The van der Waals surface area contributed by atoms with Crippen LogP contribution in [0.2, 0.25) is 0 Å². The number of nitrogens with zero attached hydrogens (tertiary/aromatic N) is 3. The molecule has 1 fully saturated rings. The summed E-state index contributed by atoms with van der Waals surface area (Å²) in [6, 6.07) is 7.29. The Hall–Kier alpha value is -3.76. The zero-order chi connectivity index (χ0) is 23.6. The van der Waals surface area contributed by atoms with Gasteiger partial charge in [-0.3, -0.25) is 14.3 Å². The van der Waals surface area contributed by atoms with E-state index in [1.807, 2.05) is 0 Å². The highest BCUT2D eigenvalue weighted by Crippen LogP contribution is 2.29. The fraction of sp³-hybridized carbons (Fsp3) is 0.273. The van der Waals surface area contributed by atoms with Crippen LogP contribution in [0.5, 0.6) is 0 Å². The minimum Gasteiger partial charge on any atom is -0.356 e. The van der Waals surface area contributed by atoms with Crippen LogP contribution in [-0.4, -0.2) is 33.1 Å². The zero-order valence-corrected chi connectivity index (χ0v) is 17.2. The number of benzene rings is 1. The predicted octanol–water partition coefficient (Wildman–Crippen LogP) is 3.74. The van der Waals surface area contributed by atoms with E-state index in [-0.39, 0.29) is 28.9 Å². The summed E-state index contributed by atoms with van der Waals surface area (Å²) in [5, 5.41) is 9.46. The number of rotatable bonds is 5. The number of carbonyl (C=O) groups excluding carboxylic acids is 2. The quantitative estimate of drug-likeness (QED) is 0.567. The van der Waals surface area contributed by atoms with Gasteiger partial charge in [-0.2, -0.15) is 18.3 Å². The van der Waals surface area contributed by atoms with E-state index in [4.69, 9.17) is 0 Å². The number of halogens is 4. The highest BCUT2D eigenvalue weighted by Gasteiger charge is 2.32. The number of hydrogen-bond acceptors (Lipinski definition) is 4. The number of amides is 2. The van der Waals surface area contributed by atoms with E-state index in [0.29, 0.717) is 18.5 Å². The second-order valence-corrected chi connectivity index (χ2v) is 7.64. The molecule has 7 nitrogen and oxygen atoms in total. The summed E-state index contributed by atoms with van der Waals surface area (Å²) in [6.45, 7) is 0.553. The average molecular weight is 461 g/mol. The maximum Gasteiger partial charge on any atom is 0.433 e. The third-order valence-corrected chi connectivity index (χ3v) is 5.20. The molecule has 1 saturated heterocycles. The van der Waals surface area contributed by atoms with E-state index in [9.17, 15) is 27.2 Å². The average Bonchev–Trinajstić information content (AvgIpc) is 3.23. The number of aromatic nitrogens is 3. The van der Waals surface area contributed by atoms with Crippen molar-refractivity contribution in [2.45, 2.75) is 31.5 Å². The van der Waals surface area contributed by atoms with Crippen LogP contribution in [0.1, 0.15) is 30.3 Å². The number of carbonyl (C=O) groups is 2. The van der Waals surface area contributed by atoms with Gasteiger partial charge in [-0.15, -0.1) is 0 Å². The maximum absolute atomic E-state index is 14.7. The van der Waals surface area contributed by atoms with E-state index >= 15 is 0 Å². The molecule has 0 radical (unpaired) electrons. The molecule has 0 spiro atoms. The molecule has 1 aliphatic heterocycles. The van der Waals surface area contributed by atoms with Gasteiger partial charge in [0.2, 0.25) is 11.8 Å². The van der Waals surface area contributed by atoms with Gasteiger partial charge in [0.15, 0.2) is 0 Å². The van der Waals surface area contributed by atoms with E-state index in [1.54, 1.807) is 10.9 Å². The van der Waals surface area contributed by atoms with Crippen LogP contribution >= 0.6 is 0 Å². The first-order chi connectivity index (χ1) is 15.7. The molecule has 1 aromatic carbocycles. The zero-order valence-electron chi connectivity index (χ0n) is 17.2. The van der Waals surface area contributed by atoms with E-state index in [2.05, 4.69) is 20.7 Å². The minimum absolute atomic E-state index is 0.0526. The van der Waals surface area contributed by atoms with E-state index in [1.165, 1.54) is 30.5 Å². The first-order valence-corrected chi connectivity index (χ1v) is 10.1. The Bertz CT molecular complexity index is 1190. The van der Waals surface area contributed by atoms with Gasteiger partial charge in [0, 0.05) is 36.0 Å². The lowest BCUT2D eigenvalue weighted by molar-refractivity contribution is -0.141. The standard InChI is InChI=1S/C22H19F4N5O2/c23-18-8-15(30-21(33)9-14-2-1-3-19(29-14)22(24,25)26)4-5-17(18)13-11-28-31(12-13)16-6-7-27-20(32)10-16/h1-5,8,11-12,16H,6-7,9-10H2,(H,27,32)(H,30,33). The van der Waals surface area contributed by atoms with Gasteiger partial charge in [-0.05, 0) is 36.8 Å². The number of hydrogen-bond donors (Lipinski definition) is 2. The predicted molar refractivity (Wildman–Crippen MR) is 110 cm³/mol. The second kappa shape index (κ2) is 9.00. The summed E-state index contributed by atoms with van der Waals surface area (Å²) >= 11 is 0. The van der Waals surface area contributed by atoms with Gasteiger partial charge < -0.3 is 10.6 Å².